The second-order valence-corrected chi connectivity index (χ2v) is 16.2. The Labute approximate surface area is 351 Å². The van der Waals surface area contributed by atoms with Gasteiger partial charge in [-0.1, -0.05) is 42.5 Å². The van der Waals surface area contributed by atoms with Gasteiger partial charge in [-0.3, -0.25) is 28.6 Å². The van der Waals surface area contributed by atoms with Crippen LogP contribution in [0.4, 0.5) is 46.3 Å². The van der Waals surface area contributed by atoms with Crippen molar-refractivity contribution >= 4 is 72.2 Å². The molecule has 0 aliphatic heterocycles. The third-order valence-corrected chi connectivity index (χ3v) is 10.9. The standard InChI is InChI=1S/C21H17F2N3O4S.C20H16F2N4O4S/c1-13(27)25-19-10-7-14(12-24-19)11-18(28)20-16(22)8-9-17(21(20)23)26-31(29,30)15-5-3-2-4-6-15;1-12(27)24-17-10-7-13(11-23-17)20(28)25-19-15(21)8-9-16(18(19)22)26-31(29,30)14-5-3-2-4-6-14/h2-10,12,26H,11H2,1H3,(H,24,25,27);2-11,26H,1H3,(H,25,28)(H,23,24,27). The fourth-order valence-electron chi connectivity index (χ4n) is 5.26. The average Bonchev–Trinajstić information content (AvgIpc) is 3.23. The molecule has 62 heavy (non-hydrogen) atoms. The lowest BCUT2D eigenvalue weighted by Crippen LogP contribution is -2.18. The lowest BCUT2D eigenvalue weighted by Gasteiger charge is -2.13. The second-order valence-electron chi connectivity index (χ2n) is 12.8. The fraction of sp³-hybridized carbons (Fsp3) is 0.0732. The number of nitrogens with zero attached hydrogens (tertiary/aromatic N) is 2. The van der Waals surface area contributed by atoms with Gasteiger partial charge in [0.25, 0.3) is 26.0 Å². The van der Waals surface area contributed by atoms with E-state index in [1.165, 1.54) is 92.8 Å². The summed E-state index contributed by atoms with van der Waals surface area (Å²) in [5, 5.41) is 6.94. The third-order valence-electron chi connectivity index (χ3n) is 8.12. The SMILES string of the molecule is CC(=O)Nc1ccc(C(=O)Nc2c(F)ccc(NS(=O)(=O)c3ccccc3)c2F)cn1.CC(=O)Nc1ccc(CC(=O)c2c(F)ccc(NS(=O)(=O)c3ccccc3)c2F)cn1. The van der Waals surface area contributed by atoms with Crippen LogP contribution in [-0.4, -0.2) is 50.3 Å². The zero-order valence-electron chi connectivity index (χ0n) is 32.2. The quantitative estimate of drug-likeness (QED) is 0.0595. The molecule has 0 aliphatic rings. The lowest BCUT2D eigenvalue weighted by molar-refractivity contribution is -0.115. The van der Waals surface area contributed by atoms with E-state index >= 15 is 0 Å². The first-order valence-corrected chi connectivity index (χ1v) is 20.7. The lowest BCUT2D eigenvalue weighted by atomic mass is 10.0. The maximum atomic E-state index is 14.9. The summed E-state index contributed by atoms with van der Waals surface area (Å²) in [5.41, 5.74) is -2.47. The number of hydrogen-bond donors (Lipinski definition) is 5. The number of rotatable bonds is 13. The summed E-state index contributed by atoms with van der Waals surface area (Å²) in [7, 11) is -8.26. The van der Waals surface area contributed by atoms with Crippen LogP contribution in [0.3, 0.4) is 0 Å². The van der Waals surface area contributed by atoms with Crippen molar-refractivity contribution in [2.75, 3.05) is 25.4 Å². The van der Waals surface area contributed by atoms with Gasteiger partial charge in [-0.2, -0.15) is 0 Å². The number of halogens is 4. The molecule has 0 saturated heterocycles. The Morgan fingerprint density at radius 1 is 0.548 bits per heavy atom. The molecule has 6 aromatic rings. The van der Waals surface area contributed by atoms with Gasteiger partial charge < -0.3 is 16.0 Å². The molecule has 320 valence electrons. The van der Waals surface area contributed by atoms with Gasteiger partial charge in [0, 0.05) is 32.7 Å². The Balaban J connectivity index is 0.000000234. The van der Waals surface area contributed by atoms with E-state index in [4.69, 9.17) is 0 Å². The smallest absolute Gasteiger partial charge is 0.261 e. The van der Waals surface area contributed by atoms with E-state index in [1.54, 1.807) is 12.1 Å². The van der Waals surface area contributed by atoms with Crippen LogP contribution in [0.25, 0.3) is 0 Å². The Kier molecular flexibility index (Phi) is 14.5. The summed E-state index contributed by atoms with van der Waals surface area (Å²) in [6, 6.07) is 23.5. The first-order chi connectivity index (χ1) is 29.3. The molecule has 0 radical (unpaired) electrons. The number of amides is 3. The van der Waals surface area contributed by atoms with Gasteiger partial charge >= 0.3 is 0 Å². The molecule has 3 amide bonds. The molecule has 0 fully saturated rings. The maximum absolute atomic E-state index is 14.9. The topological polar surface area (TPSA) is 222 Å². The molecule has 0 aliphatic carbocycles. The van der Waals surface area contributed by atoms with Crippen LogP contribution in [0.5, 0.6) is 0 Å². The molecule has 0 atom stereocenters. The van der Waals surface area contributed by atoms with E-state index < -0.39 is 77.6 Å². The molecule has 0 unspecified atom stereocenters. The van der Waals surface area contributed by atoms with Gasteiger partial charge in [-0.05, 0) is 72.3 Å². The highest BCUT2D eigenvalue weighted by Crippen LogP contribution is 2.29. The van der Waals surface area contributed by atoms with E-state index in [1.807, 2.05) is 9.44 Å². The first-order valence-electron chi connectivity index (χ1n) is 17.8. The van der Waals surface area contributed by atoms with Gasteiger partial charge in [0.1, 0.15) is 29.0 Å². The van der Waals surface area contributed by atoms with Gasteiger partial charge in [0.15, 0.2) is 17.4 Å². The van der Waals surface area contributed by atoms with E-state index in [9.17, 15) is 53.6 Å². The number of carbonyl (C=O) groups is 4. The second kappa shape index (κ2) is 19.7. The van der Waals surface area contributed by atoms with Crippen LogP contribution in [-0.2, 0) is 36.1 Å². The van der Waals surface area contributed by atoms with Crippen molar-refractivity contribution in [3.05, 3.63) is 162 Å². The molecular weight excluding hydrogens is 859 g/mol. The maximum Gasteiger partial charge on any atom is 0.261 e. The molecule has 0 bridgehead atoms. The van der Waals surface area contributed by atoms with Crippen molar-refractivity contribution in [1.82, 2.24) is 9.97 Å². The normalized spacial score (nSPS) is 11.0. The molecule has 2 heterocycles. The van der Waals surface area contributed by atoms with Gasteiger partial charge in [0.2, 0.25) is 11.8 Å². The van der Waals surface area contributed by atoms with Crippen molar-refractivity contribution < 1.29 is 53.6 Å². The zero-order chi connectivity index (χ0) is 45.2. The monoisotopic (exact) mass is 891 g/mol. The van der Waals surface area contributed by atoms with E-state index in [0.717, 1.165) is 30.5 Å². The first kappa shape index (κ1) is 45.6. The van der Waals surface area contributed by atoms with Crippen LogP contribution in [0.15, 0.2) is 131 Å². The summed E-state index contributed by atoms with van der Waals surface area (Å²) in [6.45, 7) is 2.59. The van der Waals surface area contributed by atoms with E-state index in [2.05, 4.69) is 25.9 Å². The summed E-state index contributed by atoms with van der Waals surface area (Å²) in [6.07, 6.45) is 2.02. The van der Waals surface area contributed by atoms with Gasteiger partial charge in [-0.25, -0.2) is 44.4 Å². The van der Waals surface area contributed by atoms with Gasteiger partial charge in [0.05, 0.1) is 32.3 Å². The van der Waals surface area contributed by atoms with E-state index in [-0.39, 0.29) is 45.2 Å². The Bertz CT molecular complexity index is 2860. The summed E-state index contributed by atoms with van der Waals surface area (Å²) < 4.78 is 112. The third kappa shape index (κ3) is 11.8. The number of benzene rings is 4. The van der Waals surface area contributed by atoms with Crippen LogP contribution in [0.1, 0.15) is 40.1 Å². The van der Waals surface area contributed by atoms with Crippen LogP contribution in [0.2, 0.25) is 0 Å². The number of hydrogen-bond acceptors (Lipinski definition) is 10. The fourth-order valence-corrected chi connectivity index (χ4v) is 7.43. The highest BCUT2D eigenvalue weighted by Gasteiger charge is 2.25. The summed E-state index contributed by atoms with van der Waals surface area (Å²) >= 11 is 0. The molecular formula is C41H33F4N7O8S2. The Morgan fingerprint density at radius 2 is 1.03 bits per heavy atom. The number of ketones is 1. The average molecular weight is 892 g/mol. The zero-order valence-corrected chi connectivity index (χ0v) is 33.9. The number of carbonyl (C=O) groups excluding carboxylic acids is 4. The number of pyridine rings is 2. The molecule has 0 saturated carbocycles. The predicted molar refractivity (Wildman–Crippen MR) is 220 cm³/mol. The van der Waals surface area contributed by atoms with Crippen LogP contribution < -0.4 is 25.4 Å². The van der Waals surface area contributed by atoms with Crippen molar-refractivity contribution in [3.63, 3.8) is 0 Å². The molecule has 2 aromatic heterocycles. The minimum Gasteiger partial charge on any atom is -0.317 e. The molecule has 21 heteroatoms. The van der Waals surface area contributed by atoms with E-state index in [0.29, 0.717) is 5.56 Å². The minimum atomic E-state index is -4.13. The predicted octanol–water partition coefficient (Wildman–Crippen LogP) is 6.92. The van der Waals surface area contributed by atoms with Crippen LogP contribution in [0, 0.1) is 23.3 Å². The number of anilines is 5. The van der Waals surface area contributed by atoms with Crippen LogP contribution >= 0.6 is 0 Å². The highest BCUT2D eigenvalue weighted by molar-refractivity contribution is 7.93. The molecule has 6 rings (SSSR count). The Hall–Kier alpha value is -7.52. The largest absolute Gasteiger partial charge is 0.317 e. The number of sulfonamides is 2. The number of Topliss-reactive ketones (excluding diaryl/α,β-unsaturated/α-hetero) is 1. The summed E-state index contributed by atoms with van der Waals surface area (Å²) in [5.74, 6) is -6.84. The van der Waals surface area contributed by atoms with Crippen molar-refractivity contribution in [1.29, 1.82) is 0 Å². The van der Waals surface area contributed by atoms with Crippen molar-refractivity contribution in [2.45, 2.75) is 30.1 Å². The van der Waals surface area contributed by atoms with Crippen molar-refractivity contribution in [3.8, 4) is 0 Å². The molecule has 5 N–H and O–H groups in total. The Morgan fingerprint density at radius 3 is 1.50 bits per heavy atom. The summed E-state index contributed by atoms with van der Waals surface area (Å²) in [4.78, 5) is 54.5. The molecule has 4 aromatic carbocycles. The molecule has 0 spiro atoms. The van der Waals surface area contributed by atoms with Crippen molar-refractivity contribution in [2.24, 2.45) is 0 Å². The number of nitrogens with one attached hydrogen (secondary N) is 5. The highest BCUT2D eigenvalue weighted by atomic mass is 32.2. The minimum absolute atomic E-state index is 0.0387. The number of aromatic nitrogens is 2. The molecule has 15 nitrogen and oxygen atoms in total. The van der Waals surface area contributed by atoms with Gasteiger partial charge in [-0.15, -0.1) is 0 Å².